The predicted octanol–water partition coefficient (Wildman–Crippen LogP) is 2.08. The van der Waals surface area contributed by atoms with Gasteiger partial charge in [0.05, 0.1) is 0 Å². The van der Waals surface area contributed by atoms with Gasteiger partial charge in [0.25, 0.3) is 0 Å². The van der Waals surface area contributed by atoms with Gasteiger partial charge in [-0.3, -0.25) is 4.79 Å². The van der Waals surface area contributed by atoms with E-state index in [9.17, 15) is 4.79 Å². The quantitative estimate of drug-likeness (QED) is 0.228. The first-order chi connectivity index (χ1) is 10.5. The maximum absolute atomic E-state index is 11.2. The molecule has 7 heteroatoms. The van der Waals surface area contributed by atoms with Gasteiger partial charge in [-0.2, -0.15) is 0 Å². The summed E-state index contributed by atoms with van der Waals surface area (Å²) in [7, 11) is -0.932. The molecule has 1 amide bonds. The van der Waals surface area contributed by atoms with Crippen LogP contribution in [-0.4, -0.2) is 53.9 Å². The van der Waals surface area contributed by atoms with Gasteiger partial charge in [-0.25, -0.2) is 0 Å². The average molecular weight is 332 g/mol. The van der Waals surface area contributed by atoms with E-state index in [0.717, 1.165) is 12.5 Å². The van der Waals surface area contributed by atoms with Gasteiger partial charge in [-0.15, -0.1) is 0 Å². The van der Waals surface area contributed by atoms with E-state index >= 15 is 0 Å². The molecule has 0 aromatic rings. The van der Waals surface area contributed by atoms with Crippen molar-refractivity contribution in [3.05, 3.63) is 12.7 Å². The zero-order valence-corrected chi connectivity index (χ0v) is 15.2. The van der Waals surface area contributed by atoms with Crippen LogP contribution in [0.2, 0.25) is 12.6 Å². The van der Waals surface area contributed by atoms with Crippen molar-refractivity contribution in [2.24, 2.45) is 0 Å². The summed E-state index contributed by atoms with van der Waals surface area (Å²) in [4.78, 5) is 11.2. The largest absolute Gasteiger partial charge is 0.395 e. The fourth-order valence-electron chi connectivity index (χ4n) is 1.67. The van der Waals surface area contributed by atoms with Gasteiger partial charge in [-0.05, 0) is 45.9 Å². The number of amides is 1. The average Bonchev–Trinajstić information content (AvgIpc) is 2.49. The van der Waals surface area contributed by atoms with Crippen LogP contribution in [0.15, 0.2) is 12.7 Å². The maximum atomic E-state index is 11.2. The molecule has 0 aromatic carbocycles. The van der Waals surface area contributed by atoms with Crippen molar-refractivity contribution in [2.45, 2.75) is 52.1 Å². The highest BCUT2D eigenvalue weighted by molar-refractivity contribution is 6.50. The third kappa shape index (κ3) is 11.9. The first kappa shape index (κ1) is 21.3. The second-order valence-corrected chi connectivity index (χ2v) is 7.02. The van der Waals surface area contributed by atoms with Crippen molar-refractivity contribution in [1.82, 2.24) is 5.32 Å². The molecular weight excluding hydrogens is 302 g/mol. The van der Waals surface area contributed by atoms with Gasteiger partial charge in [0.1, 0.15) is 13.4 Å². The van der Waals surface area contributed by atoms with E-state index in [-0.39, 0.29) is 25.0 Å². The third-order valence-corrected chi connectivity index (χ3v) is 4.45. The third-order valence-electron chi connectivity index (χ3n) is 2.85. The summed E-state index contributed by atoms with van der Waals surface area (Å²) in [6, 6.07) is 1.06. The number of ether oxygens (including phenoxy) is 3. The molecule has 0 saturated heterocycles. The maximum Gasteiger partial charge on any atom is 0.243 e. The second kappa shape index (κ2) is 13.9. The highest BCUT2D eigenvalue weighted by atomic mass is 28.3. The zero-order chi connectivity index (χ0) is 16.8. The minimum absolute atomic E-state index is 0.121. The normalized spacial score (nSPS) is 12.6. The predicted molar refractivity (Wildman–Crippen MR) is 87.8 cm³/mol. The summed E-state index contributed by atoms with van der Waals surface area (Å²) >= 11 is 0. The SMILES string of the molecule is C=CC(=O)NC(C)CC[Si](C)OCOCC(OCC)OCC. The smallest absolute Gasteiger partial charge is 0.243 e. The first-order valence-electron chi connectivity index (χ1n) is 7.72. The van der Waals surface area contributed by atoms with Gasteiger partial charge in [0.2, 0.25) is 14.9 Å². The molecule has 0 aliphatic carbocycles. The monoisotopic (exact) mass is 332 g/mol. The second-order valence-electron chi connectivity index (χ2n) is 4.83. The highest BCUT2D eigenvalue weighted by Crippen LogP contribution is 2.04. The van der Waals surface area contributed by atoms with E-state index in [1.54, 1.807) is 0 Å². The summed E-state index contributed by atoms with van der Waals surface area (Å²) in [5.74, 6) is -0.139. The Morgan fingerprint density at radius 2 is 1.95 bits per heavy atom. The van der Waals surface area contributed by atoms with Crippen LogP contribution in [0.3, 0.4) is 0 Å². The number of hydrogen-bond donors (Lipinski definition) is 1. The van der Waals surface area contributed by atoms with Gasteiger partial charge in [0.15, 0.2) is 6.29 Å². The van der Waals surface area contributed by atoms with Crippen LogP contribution in [0.25, 0.3) is 0 Å². The molecule has 6 nitrogen and oxygen atoms in total. The Labute approximate surface area is 135 Å². The van der Waals surface area contributed by atoms with Crippen LogP contribution < -0.4 is 5.32 Å². The molecule has 0 heterocycles. The van der Waals surface area contributed by atoms with Crippen molar-refractivity contribution in [2.75, 3.05) is 26.6 Å². The fraction of sp³-hybridized carbons (Fsp3) is 0.800. The summed E-state index contributed by atoms with van der Waals surface area (Å²) in [6.07, 6.45) is 1.83. The standard InChI is InChI=1S/C15H30NO5Si/c1-6-14(17)16-13(4)9-10-22(5)21-12-18-11-15(19-7-2)20-8-3/h6,13,15H,1,7-12H2,2-5H3,(H,16,17). The summed E-state index contributed by atoms with van der Waals surface area (Å²) in [5.41, 5.74) is 0. The van der Waals surface area contributed by atoms with Crippen LogP contribution in [-0.2, 0) is 23.4 Å². The Kier molecular flexibility index (Phi) is 13.4. The zero-order valence-electron chi connectivity index (χ0n) is 14.2. The van der Waals surface area contributed by atoms with E-state index < -0.39 is 9.04 Å². The molecule has 1 atom stereocenters. The molecule has 0 spiro atoms. The summed E-state index contributed by atoms with van der Waals surface area (Å²) < 4.78 is 21.8. The minimum atomic E-state index is -0.932. The Morgan fingerprint density at radius 1 is 1.32 bits per heavy atom. The molecule has 0 rings (SSSR count). The molecule has 0 aliphatic heterocycles. The van der Waals surface area contributed by atoms with Crippen LogP contribution in [0, 0.1) is 0 Å². The van der Waals surface area contributed by atoms with Crippen LogP contribution in [0.1, 0.15) is 27.2 Å². The fourth-order valence-corrected chi connectivity index (χ4v) is 2.94. The van der Waals surface area contributed by atoms with Gasteiger partial charge in [0, 0.05) is 19.3 Å². The molecule has 1 radical (unpaired) electrons. The number of rotatable bonds is 14. The molecule has 0 bridgehead atoms. The number of carbonyl (C=O) groups excluding carboxylic acids is 1. The van der Waals surface area contributed by atoms with Gasteiger partial charge in [-0.1, -0.05) is 6.58 Å². The van der Waals surface area contributed by atoms with Gasteiger partial charge < -0.3 is 24.0 Å². The van der Waals surface area contributed by atoms with E-state index in [1.165, 1.54) is 6.08 Å². The molecule has 0 saturated carbocycles. The Balaban J connectivity index is 3.69. The van der Waals surface area contributed by atoms with Crippen LogP contribution >= 0.6 is 0 Å². The molecule has 0 aromatic heterocycles. The Hall–Kier alpha value is -0.733. The van der Waals surface area contributed by atoms with E-state index in [1.807, 2.05) is 20.8 Å². The van der Waals surface area contributed by atoms with Crippen molar-refractivity contribution < 1.29 is 23.4 Å². The topological polar surface area (TPSA) is 66.0 Å². The van der Waals surface area contributed by atoms with E-state index in [0.29, 0.717) is 19.8 Å². The van der Waals surface area contributed by atoms with E-state index in [4.69, 9.17) is 18.6 Å². The van der Waals surface area contributed by atoms with Crippen molar-refractivity contribution >= 4 is 14.9 Å². The number of hydrogen-bond acceptors (Lipinski definition) is 5. The lowest BCUT2D eigenvalue weighted by Crippen LogP contribution is -2.32. The van der Waals surface area contributed by atoms with E-state index in [2.05, 4.69) is 18.4 Å². The number of carbonyl (C=O) groups is 1. The molecule has 22 heavy (non-hydrogen) atoms. The Bertz CT molecular complexity index is 298. The van der Waals surface area contributed by atoms with Crippen molar-refractivity contribution in [1.29, 1.82) is 0 Å². The molecule has 0 fully saturated rings. The first-order valence-corrected chi connectivity index (χ1v) is 9.84. The van der Waals surface area contributed by atoms with Crippen LogP contribution in [0.4, 0.5) is 0 Å². The highest BCUT2D eigenvalue weighted by Gasteiger charge is 2.12. The molecule has 1 N–H and O–H groups in total. The lowest BCUT2D eigenvalue weighted by atomic mass is 10.2. The molecule has 0 aliphatic rings. The lowest BCUT2D eigenvalue weighted by Gasteiger charge is -2.18. The summed E-state index contributed by atoms with van der Waals surface area (Å²) in [5, 5.41) is 2.83. The number of nitrogens with one attached hydrogen (secondary N) is 1. The molecule has 1 unspecified atom stereocenters. The van der Waals surface area contributed by atoms with Crippen molar-refractivity contribution in [3.63, 3.8) is 0 Å². The molecular formula is C15H30NO5Si. The lowest BCUT2D eigenvalue weighted by molar-refractivity contribution is -0.177. The van der Waals surface area contributed by atoms with Crippen molar-refractivity contribution in [3.8, 4) is 0 Å². The van der Waals surface area contributed by atoms with Gasteiger partial charge >= 0.3 is 0 Å². The molecule has 129 valence electrons. The van der Waals surface area contributed by atoms with Crippen LogP contribution in [0.5, 0.6) is 0 Å². The minimum Gasteiger partial charge on any atom is -0.395 e. The Morgan fingerprint density at radius 3 is 2.50 bits per heavy atom. The summed E-state index contributed by atoms with van der Waals surface area (Å²) in [6.45, 7) is 13.1.